The summed E-state index contributed by atoms with van der Waals surface area (Å²) in [6, 6.07) is 3.74. The third-order valence-corrected chi connectivity index (χ3v) is 4.11. The van der Waals surface area contributed by atoms with E-state index in [4.69, 9.17) is 18.0 Å². The first-order chi connectivity index (χ1) is 8.53. The second kappa shape index (κ2) is 5.20. The number of nitrogens with zero attached hydrogens (tertiary/aromatic N) is 2. The molecule has 2 rings (SSSR count). The molecule has 1 aliphatic carbocycles. The topological polar surface area (TPSA) is 54.2 Å². The molecule has 1 heterocycles. The Kier molecular flexibility index (Phi) is 3.82. The van der Waals surface area contributed by atoms with Gasteiger partial charge in [0.15, 0.2) is 0 Å². The van der Waals surface area contributed by atoms with Gasteiger partial charge in [-0.15, -0.1) is 0 Å². The van der Waals surface area contributed by atoms with Crippen molar-refractivity contribution in [3.8, 4) is 0 Å². The van der Waals surface area contributed by atoms with E-state index < -0.39 is 0 Å². The molecule has 4 nitrogen and oxygen atoms in total. The molecular weight excluding hydrogens is 244 g/mol. The minimum Gasteiger partial charge on any atom is -0.389 e. The molecule has 0 aromatic carbocycles. The van der Waals surface area contributed by atoms with Crippen LogP contribution in [0, 0.1) is 0 Å². The zero-order chi connectivity index (χ0) is 13.2. The van der Waals surface area contributed by atoms with Gasteiger partial charge < -0.3 is 16.0 Å². The third kappa shape index (κ3) is 2.62. The Morgan fingerprint density at radius 3 is 2.78 bits per heavy atom. The summed E-state index contributed by atoms with van der Waals surface area (Å²) in [5.74, 6) is 0.841. The van der Waals surface area contributed by atoms with Crippen LogP contribution < -0.4 is 11.1 Å². The number of nitrogens with one attached hydrogen (secondary N) is 1. The minimum atomic E-state index is 0.279. The summed E-state index contributed by atoms with van der Waals surface area (Å²) in [5, 5.41) is 3.40. The van der Waals surface area contributed by atoms with Crippen molar-refractivity contribution in [2.75, 3.05) is 26.0 Å². The molecule has 1 fully saturated rings. The number of likely N-dealkylation sites (N-methyl/N-ethyl adjacent to an activating group) is 1. The summed E-state index contributed by atoms with van der Waals surface area (Å²) in [5.41, 5.74) is 6.75. The van der Waals surface area contributed by atoms with Gasteiger partial charge in [-0.3, -0.25) is 0 Å². The van der Waals surface area contributed by atoms with E-state index in [0.717, 1.165) is 17.9 Å². The summed E-state index contributed by atoms with van der Waals surface area (Å²) in [6.07, 6.45) is 5.52. The summed E-state index contributed by atoms with van der Waals surface area (Å²) in [4.78, 5) is 7.01. The van der Waals surface area contributed by atoms with Crippen LogP contribution >= 0.6 is 12.2 Å². The molecule has 98 valence electrons. The molecular formula is C13H20N4S. The molecule has 0 bridgehead atoms. The van der Waals surface area contributed by atoms with Gasteiger partial charge in [0.1, 0.15) is 10.8 Å². The van der Waals surface area contributed by atoms with Crippen molar-refractivity contribution >= 4 is 23.0 Å². The molecule has 0 saturated heterocycles. The van der Waals surface area contributed by atoms with Crippen LogP contribution in [0.1, 0.15) is 24.8 Å². The highest BCUT2D eigenvalue weighted by Gasteiger charge is 2.38. The SMILES string of the molecule is CN(C)C1(CNc2cc(C(N)=S)ccn2)CCC1. The second-order valence-corrected chi connectivity index (χ2v) is 5.56. The van der Waals surface area contributed by atoms with Crippen LogP contribution in [-0.4, -0.2) is 41.1 Å². The fraction of sp³-hybridized carbons (Fsp3) is 0.538. The lowest BCUT2D eigenvalue weighted by Gasteiger charge is -2.47. The Balaban J connectivity index is 2.02. The summed E-state index contributed by atoms with van der Waals surface area (Å²) in [7, 11) is 4.28. The number of hydrogen-bond donors (Lipinski definition) is 2. The van der Waals surface area contributed by atoms with Gasteiger partial charge in [0.25, 0.3) is 0 Å². The molecule has 1 aliphatic rings. The van der Waals surface area contributed by atoms with E-state index in [1.54, 1.807) is 6.20 Å². The molecule has 18 heavy (non-hydrogen) atoms. The van der Waals surface area contributed by atoms with E-state index in [1.807, 2.05) is 12.1 Å². The Bertz CT molecular complexity index is 440. The van der Waals surface area contributed by atoms with Crippen LogP contribution in [0.4, 0.5) is 5.82 Å². The number of hydrogen-bond acceptors (Lipinski definition) is 4. The van der Waals surface area contributed by atoms with Gasteiger partial charge in [-0.1, -0.05) is 12.2 Å². The second-order valence-electron chi connectivity index (χ2n) is 5.12. The molecule has 0 atom stereocenters. The first-order valence-corrected chi connectivity index (χ1v) is 6.61. The molecule has 0 spiro atoms. The first-order valence-electron chi connectivity index (χ1n) is 6.21. The van der Waals surface area contributed by atoms with Gasteiger partial charge in [0, 0.05) is 23.8 Å². The summed E-state index contributed by atoms with van der Waals surface area (Å²) in [6.45, 7) is 0.911. The van der Waals surface area contributed by atoms with Gasteiger partial charge in [0.2, 0.25) is 0 Å². The number of aromatic nitrogens is 1. The van der Waals surface area contributed by atoms with Crippen molar-refractivity contribution in [3.05, 3.63) is 23.9 Å². The molecule has 1 aromatic rings. The highest BCUT2D eigenvalue weighted by Crippen LogP contribution is 2.36. The number of rotatable bonds is 5. The Morgan fingerprint density at radius 1 is 1.56 bits per heavy atom. The van der Waals surface area contributed by atoms with Gasteiger partial charge in [-0.2, -0.15) is 0 Å². The van der Waals surface area contributed by atoms with E-state index in [-0.39, 0.29) is 5.54 Å². The van der Waals surface area contributed by atoms with Crippen molar-refractivity contribution < 1.29 is 0 Å². The maximum atomic E-state index is 5.62. The van der Waals surface area contributed by atoms with Crippen molar-refractivity contribution in [2.24, 2.45) is 5.73 Å². The average molecular weight is 264 g/mol. The molecule has 0 unspecified atom stereocenters. The largest absolute Gasteiger partial charge is 0.389 e. The number of anilines is 1. The zero-order valence-corrected chi connectivity index (χ0v) is 11.8. The standard InChI is InChI=1S/C13H20N4S/c1-17(2)13(5-3-6-13)9-16-11-8-10(12(14)18)4-7-15-11/h4,7-8H,3,5-6,9H2,1-2H3,(H2,14,18)(H,15,16). The number of thiocarbonyl (C=S) groups is 1. The summed E-state index contributed by atoms with van der Waals surface area (Å²) >= 11 is 4.97. The fourth-order valence-corrected chi connectivity index (χ4v) is 2.43. The maximum Gasteiger partial charge on any atom is 0.126 e. The normalized spacial score (nSPS) is 17.3. The van der Waals surface area contributed by atoms with Crippen molar-refractivity contribution in [3.63, 3.8) is 0 Å². The van der Waals surface area contributed by atoms with Crippen LogP contribution in [0.5, 0.6) is 0 Å². The van der Waals surface area contributed by atoms with Gasteiger partial charge >= 0.3 is 0 Å². The first kappa shape index (κ1) is 13.2. The van der Waals surface area contributed by atoms with Crippen molar-refractivity contribution in [2.45, 2.75) is 24.8 Å². The number of nitrogens with two attached hydrogens (primary N) is 1. The van der Waals surface area contributed by atoms with Gasteiger partial charge in [-0.25, -0.2) is 4.98 Å². The lowest BCUT2D eigenvalue weighted by molar-refractivity contribution is 0.0738. The van der Waals surface area contributed by atoms with Gasteiger partial charge in [0.05, 0.1) is 0 Å². The Labute approximate surface area is 114 Å². The van der Waals surface area contributed by atoms with Crippen LogP contribution in [0.15, 0.2) is 18.3 Å². The highest BCUT2D eigenvalue weighted by molar-refractivity contribution is 7.80. The van der Waals surface area contributed by atoms with Crippen molar-refractivity contribution in [1.82, 2.24) is 9.88 Å². The average Bonchev–Trinajstić information content (AvgIpc) is 2.27. The molecule has 1 aromatic heterocycles. The van der Waals surface area contributed by atoms with Crippen molar-refractivity contribution in [1.29, 1.82) is 0 Å². The molecule has 0 aliphatic heterocycles. The van der Waals surface area contributed by atoms with Crippen LogP contribution in [-0.2, 0) is 0 Å². The third-order valence-electron chi connectivity index (χ3n) is 3.88. The monoisotopic (exact) mass is 264 g/mol. The van der Waals surface area contributed by atoms with Crippen LogP contribution in [0.25, 0.3) is 0 Å². The van der Waals surface area contributed by atoms with E-state index in [9.17, 15) is 0 Å². The predicted octanol–water partition coefficient (Wildman–Crippen LogP) is 1.61. The Morgan fingerprint density at radius 2 is 2.28 bits per heavy atom. The van der Waals surface area contributed by atoms with Gasteiger partial charge in [-0.05, 0) is 45.5 Å². The zero-order valence-electron chi connectivity index (χ0n) is 10.9. The molecule has 3 N–H and O–H groups in total. The smallest absolute Gasteiger partial charge is 0.126 e. The Hall–Kier alpha value is -1.20. The van der Waals surface area contributed by atoms with E-state index in [2.05, 4.69) is 29.3 Å². The van der Waals surface area contributed by atoms with Crippen LogP contribution in [0.3, 0.4) is 0 Å². The fourth-order valence-electron chi connectivity index (χ4n) is 2.30. The maximum absolute atomic E-state index is 5.62. The predicted molar refractivity (Wildman–Crippen MR) is 78.9 cm³/mol. The highest BCUT2D eigenvalue weighted by atomic mass is 32.1. The number of pyridine rings is 1. The quantitative estimate of drug-likeness (QED) is 0.791. The lowest BCUT2D eigenvalue weighted by Crippen LogP contribution is -2.54. The van der Waals surface area contributed by atoms with Crippen LogP contribution in [0.2, 0.25) is 0 Å². The molecule has 0 radical (unpaired) electrons. The molecule has 1 saturated carbocycles. The molecule has 5 heteroatoms. The van der Waals surface area contributed by atoms with E-state index in [1.165, 1.54) is 19.3 Å². The van der Waals surface area contributed by atoms with E-state index >= 15 is 0 Å². The molecule has 0 amide bonds. The van der Waals surface area contributed by atoms with E-state index in [0.29, 0.717) is 4.99 Å². The lowest BCUT2D eigenvalue weighted by atomic mass is 9.75. The summed E-state index contributed by atoms with van der Waals surface area (Å²) < 4.78 is 0. The minimum absolute atomic E-state index is 0.279.